The second kappa shape index (κ2) is 15.4. The number of hydrogen-bond acceptors (Lipinski definition) is 7. The first kappa shape index (κ1) is 35.0. The Morgan fingerprint density at radius 1 is 0.900 bits per heavy atom. The maximum Gasteiger partial charge on any atom is 0.307 e. The van der Waals surface area contributed by atoms with Crippen molar-refractivity contribution >= 4 is 29.7 Å². The third-order valence-corrected chi connectivity index (χ3v) is 10.1. The SMILES string of the molecule is COc1cc(/C=C/c2cccc(-c3cccc(NC(=O)c4ccc(CN5CC[C@@H](O)C5)cn4)c3C)c2C)c(C)cc1CN1CC[C@H](C(=O)O)C1. The Morgan fingerprint density at radius 2 is 1.62 bits per heavy atom. The van der Waals surface area contributed by atoms with Crippen LogP contribution in [0.4, 0.5) is 5.69 Å². The van der Waals surface area contributed by atoms with Gasteiger partial charge >= 0.3 is 5.97 Å². The number of carboxylic acids is 1. The Morgan fingerprint density at radius 3 is 2.30 bits per heavy atom. The van der Waals surface area contributed by atoms with E-state index in [9.17, 15) is 19.8 Å². The molecule has 3 aromatic carbocycles. The lowest BCUT2D eigenvalue weighted by Gasteiger charge is -2.19. The van der Waals surface area contributed by atoms with Gasteiger partial charge in [-0.1, -0.05) is 54.6 Å². The van der Waals surface area contributed by atoms with Gasteiger partial charge in [0, 0.05) is 50.2 Å². The average Bonchev–Trinajstić information content (AvgIpc) is 3.75. The molecule has 3 heterocycles. The highest BCUT2D eigenvalue weighted by Gasteiger charge is 2.28. The Kier molecular flexibility index (Phi) is 10.8. The average molecular weight is 675 g/mol. The summed E-state index contributed by atoms with van der Waals surface area (Å²) in [6.07, 6.45) is 7.17. The van der Waals surface area contributed by atoms with E-state index >= 15 is 0 Å². The van der Waals surface area contributed by atoms with Crippen LogP contribution in [0.3, 0.4) is 0 Å². The number of aryl methyl sites for hydroxylation is 1. The number of aliphatic carboxylic acids is 1. The molecule has 0 radical (unpaired) electrons. The van der Waals surface area contributed by atoms with E-state index in [1.807, 2.05) is 25.1 Å². The smallest absolute Gasteiger partial charge is 0.307 e. The maximum absolute atomic E-state index is 13.2. The minimum absolute atomic E-state index is 0.261. The molecule has 260 valence electrons. The van der Waals surface area contributed by atoms with E-state index in [1.165, 1.54) is 0 Å². The molecule has 1 amide bonds. The van der Waals surface area contributed by atoms with Crippen LogP contribution >= 0.6 is 0 Å². The molecule has 2 atom stereocenters. The van der Waals surface area contributed by atoms with Crippen molar-refractivity contribution < 1.29 is 24.5 Å². The number of carbonyl (C=O) groups excluding carboxylic acids is 1. The Balaban J connectivity index is 1.16. The Bertz CT molecular complexity index is 1900. The van der Waals surface area contributed by atoms with E-state index in [4.69, 9.17) is 4.74 Å². The van der Waals surface area contributed by atoms with Crippen molar-refractivity contribution in [2.45, 2.75) is 52.8 Å². The molecule has 0 bridgehead atoms. The summed E-state index contributed by atoms with van der Waals surface area (Å²) in [6.45, 7) is 10.4. The largest absolute Gasteiger partial charge is 0.496 e. The lowest BCUT2D eigenvalue weighted by Crippen LogP contribution is -2.23. The maximum atomic E-state index is 13.2. The summed E-state index contributed by atoms with van der Waals surface area (Å²) < 4.78 is 5.77. The van der Waals surface area contributed by atoms with Crippen molar-refractivity contribution in [3.63, 3.8) is 0 Å². The highest BCUT2D eigenvalue weighted by molar-refractivity contribution is 6.03. The summed E-state index contributed by atoms with van der Waals surface area (Å²) in [5.74, 6) is -0.501. The molecule has 2 saturated heterocycles. The molecule has 50 heavy (non-hydrogen) atoms. The third kappa shape index (κ3) is 7.97. The number of benzene rings is 3. The molecule has 0 unspecified atom stereocenters. The molecule has 1 aromatic heterocycles. The van der Waals surface area contributed by atoms with Crippen LogP contribution in [0.2, 0.25) is 0 Å². The number of likely N-dealkylation sites (tertiary alicyclic amines) is 2. The molecular weight excluding hydrogens is 628 g/mol. The fourth-order valence-electron chi connectivity index (χ4n) is 7.10. The number of amides is 1. The van der Waals surface area contributed by atoms with Gasteiger partial charge in [0.05, 0.1) is 19.1 Å². The highest BCUT2D eigenvalue weighted by atomic mass is 16.5. The predicted octanol–water partition coefficient (Wildman–Crippen LogP) is 6.58. The molecule has 0 aliphatic carbocycles. The zero-order valence-corrected chi connectivity index (χ0v) is 29.3. The number of pyridine rings is 1. The number of carboxylic acid groups (broad SMARTS) is 1. The van der Waals surface area contributed by atoms with Crippen LogP contribution in [0.15, 0.2) is 66.9 Å². The zero-order valence-electron chi connectivity index (χ0n) is 29.3. The van der Waals surface area contributed by atoms with Crippen LogP contribution in [0, 0.1) is 26.7 Å². The number of aliphatic hydroxyl groups excluding tert-OH is 1. The predicted molar refractivity (Wildman–Crippen MR) is 197 cm³/mol. The second-order valence-electron chi connectivity index (χ2n) is 13.6. The fraction of sp³-hybridized carbons (Fsp3) is 0.341. The lowest BCUT2D eigenvalue weighted by atomic mass is 9.92. The van der Waals surface area contributed by atoms with Gasteiger partial charge in [0.15, 0.2) is 0 Å². The van der Waals surface area contributed by atoms with E-state index in [1.54, 1.807) is 19.4 Å². The van der Waals surface area contributed by atoms with E-state index in [2.05, 4.69) is 82.5 Å². The van der Waals surface area contributed by atoms with Crippen LogP contribution < -0.4 is 10.1 Å². The van der Waals surface area contributed by atoms with Crippen LogP contribution in [-0.2, 0) is 17.9 Å². The van der Waals surface area contributed by atoms with Crippen LogP contribution in [0.25, 0.3) is 23.3 Å². The molecule has 2 aliphatic rings. The van der Waals surface area contributed by atoms with Gasteiger partial charge in [-0.3, -0.25) is 24.4 Å². The highest BCUT2D eigenvalue weighted by Crippen LogP contribution is 2.34. The van der Waals surface area contributed by atoms with Gasteiger partial charge in [0.1, 0.15) is 11.4 Å². The minimum atomic E-state index is -0.726. The first-order valence-corrected chi connectivity index (χ1v) is 17.3. The van der Waals surface area contributed by atoms with Crippen LogP contribution in [-0.4, -0.2) is 76.3 Å². The summed E-state index contributed by atoms with van der Waals surface area (Å²) in [5, 5.41) is 22.3. The minimum Gasteiger partial charge on any atom is -0.496 e. The number of nitrogens with one attached hydrogen (secondary N) is 1. The van der Waals surface area contributed by atoms with E-state index in [-0.39, 0.29) is 17.9 Å². The number of aliphatic hydroxyl groups is 1. The number of rotatable bonds is 11. The van der Waals surface area contributed by atoms with Crippen LogP contribution in [0.5, 0.6) is 5.75 Å². The van der Waals surface area contributed by atoms with Gasteiger partial charge in [-0.2, -0.15) is 0 Å². The van der Waals surface area contributed by atoms with Crippen molar-refractivity contribution in [2.24, 2.45) is 5.92 Å². The number of anilines is 1. The summed E-state index contributed by atoms with van der Waals surface area (Å²) in [6, 6.07) is 20.1. The van der Waals surface area contributed by atoms with Crippen molar-refractivity contribution in [1.82, 2.24) is 14.8 Å². The second-order valence-corrected chi connectivity index (χ2v) is 13.6. The van der Waals surface area contributed by atoms with Gasteiger partial charge in [-0.15, -0.1) is 0 Å². The number of nitrogens with zero attached hydrogens (tertiary/aromatic N) is 3. The van der Waals surface area contributed by atoms with E-state index < -0.39 is 5.97 Å². The standard InChI is InChI=1S/C41H46N4O5/c1-26-19-33(24-45-17-15-32(23-45)41(48)49)39(50-4)20-31(26)13-12-30-7-5-8-35(27(30)2)36-9-6-10-37(28(36)3)43-40(47)38-14-11-29(21-42-38)22-44-18-16-34(46)25-44/h5-14,19-21,32,34,46H,15-18,22-25H2,1-4H3,(H,43,47)(H,48,49)/b13-12+/t32-,34+/m0/s1. The van der Waals surface area contributed by atoms with E-state index in [0.717, 1.165) is 81.0 Å². The zero-order chi connectivity index (χ0) is 35.4. The van der Waals surface area contributed by atoms with Crippen molar-refractivity contribution in [1.29, 1.82) is 0 Å². The normalized spacial score (nSPS) is 18.2. The molecule has 9 nitrogen and oxygen atoms in total. The fourth-order valence-corrected chi connectivity index (χ4v) is 7.10. The molecule has 3 N–H and O–H groups in total. The van der Waals surface area contributed by atoms with Crippen molar-refractivity contribution in [2.75, 3.05) is 38.6 Å². The number of ether oxygens (including phenoxy) is 1. The van der Waals surface area contributed by atoms with Crippen molar-refractivity contribution in [3.05, 3.63) is 111 Å². The molecule has 4 aromatic rings. The number of hydrogen-bond donors (Lipinski definition) is 3. The van der Waals surface area contributed by atoms with Gasteiger partial charge in [0.2, 0.25) is 0 Å². The molecule has 0 saturated carbocycles. The van der Waals surface area contributed by atoms with Gasteiger partial charge in [-0.25, -0.2) is 0 Å². The third-order valence-electron chi connectivity index (χ3n) is 10.1. The van der Waals surface area contributed by atoms with Gasteiger partial charge in [-0.05, 0) is 103 Å². The number of methoxy groups -OCH3 is 1. The van der Waals surface area contributed by atoms with Gasteiger partial charge < -0.3 is 20.3 Å². The number of carbonyl (C=O) groups is 2. The molecule has 2 fully saturated rings. The summed E-state index contributed by atoms with van der Waals surface area (Å²) >= 11 is 0. The van der Waals surface area contributed by atoms with Gasteiger partial charge in [0.25, 0.3) is 5.91 Å². The number of aromatic nitrogens is 1. The summed E-state index contributed by atoms with van der Waals surface area (Å²) in [7, 11) is 1.67. The van der Waals surface area contributed by atoms with E-state index in [0.29, 0.717) is 38.3 Å². The quantitative estimate of drug-likeness (QED) is 0.153. The lowest BCUT2D eigenvalue weighted by molar-refractivity contribution is -0.141. The Labute approximate surface area is 294 Å². The molecular formula is C41H46N4O5. The molecule has 2 aliphatic heterocycles. The first-order chi connectivity index (χ1) is 24.1. The Hall–Kier alpha value is -4.83. The molecule has 6 rings (SSSR count). The monoisotopic (exact) mass is 674 g/mol. The molecule has 0 spiro atoms. The number of β-amino-alcohol motifs (C(OH)–C–C–N with tert-alkyl or cyclic N) is 1. The summed E-state index contributed by atoms with van der Waals surface area (Å²) in [4.78, 5) is 33.4. The molecule has 9 heteroatoms. The summed E-state index contributed by atoms with van der Waals surface area (Å²) in [5.41, 5.74) is 10.6. The van der Waals surface area contributed by atoms with Crippen LogP contribution in [0.1, 0.15) is 62.3 Å². The topological polar surface area (TPSA) is 115 Å². The van der Waals surface area contributed by atoms with Crippen molar-refractivity contribution in [3.8, 4) is 16.9 Å². The first-order valence-electron chi connectivity index (χ1n) is 17.3.